The van der Waals surface area contributed by atoms with Crippen molar-refractivity contribution in [1.29, 1.82) is 0 Å². The van der Waals surface area contributed by atoms with Crippen LogP contribution >= 0.6 is 0 Å². The number of aromatic nitrogens is 2. The molecule has 0 bridgehead atoms. The molecule has 114 valence electrons. The lowest BCUT2D eigenvalue weighted by molar-refractivity contribution is 0.0945. The Morgan fingerprint density at radius 3 is 3.05 bits per heavy atom. The Balaban J connectivity index is 1.43. The molecule has 7 nitrogen and oxygen atoms in total. The molecule has 0 saturated heterocycles. The number of fused-ring (bicyclic) bond motifs is 2. The Bertz CT molecular complexity index is 702. The molecule has 22 heavy (non-hydrogen) atoms. The van der Waals surface area contributed by atoms with Gasteiger partial charge in [-0.15, -0.1) is 0 Å². The van der Waals surface area contributed by atoms with Crippen molar-refractivity contribution in [2.24, 2.45) is 0 Å². The zero-order chi connectivity index (χ0) is 14.9. The Labute approximate surface area is 126 Å². The number of hydrogen-bond donors (Lipinski definition) is 1. The first-order valence-electron chi connectivity index (χ1n) is 7.17. The van der Waals surface area contributed by atoms with Crippen molar-refractivity contribution in [3.05, 3.63) is 35.5 Å². The largest absolute Gasteiger partial charge is 0.478 e. The highest BCUT2D eigenvalue weighted by atomic mass is 16.7. The van der Waals surface area contributed by atoms with Crippen molar-refractivity contribution in [1.82, 2.24) is 15.1 Å². The van der Waals surface area contributed by atoms with Crippen LogP contribution in [0, 0.1) is 0 Å². The lowest BCUT2D eigenvalue weighted by Crippen LogP contribution is -2.23. The van der Waals surface area contributed by atoms with Crippen molar-refractivity contribution in [2.75, 3.05) is 13.4 Å². The van der Waals surface area contributed by atoms with E-state index >= 15 is 0 Å². The van der Waals surface area contributed by atoms with Gasteiger partial charge in [-0.2, -0.15) is 5.10 Å². The predicted molar refractivity (Wildman–Crippen MR) is 76.1 cm³/mol. The molecule has 1 aromatic carbocycles. The topological polar surface area (TPSA) is 74.6 Å². The zero-order valence-electron chi connectivity index (χ0n) is 11.9. The number of aryl methyl sites for hydroxylation is 1. The molecular formula is C15H15N3O4. The monoisotopic (exact) mass is 301 g/mol. The van der Waals surface area contributed by atoms with Gasteiger partial charge in [-0.25, -0.2) is 4.68 Å². The van der Waals surface area contributed by atoms with Crippen LogP contribution in [-0.2, 0) is 13.1 Å². The van der Waals surface area contributed by atoms with Gasteiger partial charge in [0, 0.05) is 25.6 Å². The summed E-state index contributed by atoms with van der Waals surface area (Å²) in [7, 11) is 0. The molecule has 2 aliphatic heterocycles. The van der Waals surface area contributed by atoms with Gasteiger partial charge in [0.1, 0.15) is 0 Å². The Morgan fingerprint density at radius 1 is 1.23 bits per heavy atom. The van der Waals surface area contributed by atoms with Crippen molar-refractivity contribution in [3.8, 4) is 17.4 Å². The smallest absolute Gasteiger partial charge is 0.272 e. The lowest BCUT2D eigenvalue weighted by Gasteiger charge is -2.13. The van der Waals surface area contributed by atoms with E-state index in [9.17, 15) is 4.79 Å². The zero-order valence-corrected chi connectivity index (χ0v) is 11.9. The number of hydrogen-bond acceptors (Lipinski definition) is 5. The van der Waals surface area contributed by atoms with E-state index in [1.165, 1.54) is 0 Å². The summed E-state index contributed by atoms with van der Waals surface area (Å²) in [5.74, 6) is 1.87. The highest BCUT2D eigenvalue weighted by Gasteiger charge is 2.18. The molecule has 2 aliphatic rings. The molecule has 1 amide bonds. The van der Waals surface area contributed by atoms with E-state index in [1.807, 2.05) is 18.2 Å². The van der Waals surface area contributed by atoms with Gasteiger partial charge in [-0.1, -0.05) is 6.07 Å². The van der Waals surface area contributed by atoms with E-state index in [1.54, 1.807) is 10.7 Å². The minimum atomic E-state index is -0.219. The molecule has 1 N–H and O–H groups in total. The lowest BCUT2D eigenvalue weighted by atomic mass is 10.2. The highest BCUT2D eigenvalue weighted by molar-refractivity contribution is 5.92. The summed E-state index contributed by atoms with van der Waals surface area (Å²) >= 11 is 0. The first kappa shape index (κ1) is 13.0. The summed E-state index contributed by atoms with van der Waals surface area (Å²) in [5, 5.41) is 7.10. The van der Waals surface area contributed by atoms with Crippen LogP contribution in [0.25, 0.3) is 0 Å². The molecule has 2 aromatic rings. The van der Waals surface area contributed by atoms with Gasteiger partial charge in [0.05, 0.1) is 6.61 Å². The molecule has 0 atom stereocenters. The SMILES string of the molecule is O=C(NCc1ccc2c(c1)OCO2)c1cc2n(n1)CCCO2. The highest BCUT2D eigenvalue weighted by Crippen LogP contribution is 2.32. The molecule has 0 fully saturated rings. The van der Waals surface area contributed by atoms with Crippen molar-refractivity contribution < 1.29 is 19.0 Å². The van der Waals surface area contributed by atoms with E-state index in [4.69, 9.17) is 14.2 Å². The minimum absolute atomic E-state index is 0.219. The second-order valence-corrected chi connectivity index (χ2v) is 5.16. The number of amides is 1. The standard InChI is InChI=1S/C15H15N3O4/c19-15(11-7-14-18(17-11)4-1-5-20-14)16-8-10-2-3-12-13(6-10)22-9-21-12/h2-3,6-7H,1,4-5,8-9H2,(H,16,19). The Morgan fingerprint density at radius 2 is 2.14 bits per heavy atom. The van der Waals surface area contributed by atoms with Gasteiger partial charge in [-0.3, -0.25) is 4.79 Å². The number of rotatable bonds is 3. The summed E-state index contributed by atoms with van der Waals surface area (Å²) in [4.78, 5) is 12.2. The van der Waals surface area contributed by atoms with E-state index < -0.39 is 0 Å². The molecular weight excluding hydrogens is 286 g/mol. The van der Waals surface area contributed by atoms with Crippen LogP contribution in [0.3, 0.4) is 0 Å². The van der Waals surface area contributed by atoms with Gasteiger partial charge >= 0.3 is 0 Å². The molecule has 1 aromatic heterocycles. The minimum Gasteiger partial charge on any atom is -0.478 e. The Hall–Kier alpha value is -2.70. The number of nitrogens with zero attached hydrogens (tertiary/aromatic N) is 2. The van der Waals surface area contributed by atoms with Gasteiger partial charge in [-0.05, 0) is 17.7 Å². The third-order valence-corrected chi connectivity index (χ3v) is 3.63. The van der Waals surface area contributed by atoms with Crippen molar-refractivity contribution in [3.63, 3.8) is 0 Å². The number of carbonyl (C=O) groups excluding carboxylic acids is 1. The van der Waals surface area contributed by atoms with E-state index in [-0.39, 0.29) is 12.7 Å². The quantitative estimate of drug-likeness (QED) is 0.925. The van der Waals surface area contributed by atoms with Gasteiger partial charge in [0.15, 0.2) is 17.2 Å². The normalized spacial score (nSPS) is 15.1. The molecule has 0 radical (unpaired) electrons. The van der Waals surface area contributed by atoms with Crippen LogP contribution in [0.5, 0.6) is 17.4 Å². The number of nitrogens with one attached hydrogen (secondary N) is 1. The average molecular weight is 301 g/mol. The van der Waals surface area contributed by atoms with E-state index in [2.05, 4.69) is 10.4 Å². The number of carbonyl (C=O) groups is 1. The first-order valence-corrected chi connectivity index (χ1v) is 7.17. The summed E-state index contributed by atoms with van der Waals surface area (Å²) in [5.41, 5.74) is 1.32. The van der Waals surface area contributed by atoms with Crippen molar-refractivity contribution >= 4 is 5.91 Å². The molecule has 4 rings (SSSR count). The second kappa shape index (κ2) is 5.25. The van der Waals surface area contributed by atoms with Crippen LogP contribution in [0.4, 0.5) is 0 Å². The maximum atomic E-state index is 12.2. The third kappa shape index (κ3) is 2.34. The van der Waals surface area contributed by atoms with Gasteiger partial charge < -0.3 is 19.5 Å². The van der Waals surface area contributed by atoms with E-state index in [0.717, 1.165) is 24.3 Å². The molecule has 0 aliphatic carbocycles. The molecule has 0 spiro atoms. The maximum Gasteiger partial charge on any atom is 0.272 e. The van der Waals surface area contributed by atoms with Crippen LogP contribution in [0.15, 0.2) is 24.3 Å². The molecule has 7 heteroatoms. The molecule has 3 heterocycles. The number of benzene rings is 1. The summed E-state index contributed by atoms with van der Waals surface area (Å²) < 4.78 is 17.8. The summed E-state index contributed by atoms with van der Waals surface area (Å²) in [6.07, 6.45) is 0.910. The third-order valence-electron chi connectivity index (χ3n) is 3.63. The summed E-state index contributed by atoms with van der Waals surface area (Å²) in [6.45, 7) is 2.10. The van der Waals surface area contributed by atoms with Crippen molar-refractivity contribution in [2.45, 2.75) is 19.5 Å². The van der Waals surface area contributed by atoms with Crippen LogP contribution in [0.1, 0.15) is 22.5 Å². The fraction of sp³-hybridized carbons (Fsp3) is 0.333. The second-order valence-electron chi connectivity index (χ2n) is 5.16. The van der Waals surface area contributed by atoms with Gasteiger partial charge in [0.2, 0.25) is 12.7 Å². The van der Waals surface area contributed by atoms with E-state index in [0.29, 0.717) is 30.5 Å². The Kier molecular flexibility index (Phi) is 3.10. The molecule has 0 unspecified atom stereocenters. The van der Waals surface area contributed by atoms with Gasteiger partial charge in [0.25, 0.3) is 5.91 Å². The fourth-order valence-corrected chi connectivity index (χ4v) is 2.50. The van der Waals surface area contributed by atoms with Crippen LogP contribution in [-0.4, -0.2) is 29.1 Å². The maximum absolute atomic E-state index is 12.2. The molecule has 0 saturated carbocycles. The summed E-state index contributed by atoms with van der Waals surface area (Å²) in [6, 6.07) is 7.28. The van der Waals surface area contributed by atoms with Crippen LogP contribution in [0.2, 0.25) is 0 Å². The average Bonchev–Trinajstić information content (AvgIpc) is 3.18. The fourth-order valence-electron chi connectivity index (χ4n) is 2.50. The predicted octanol–water partition coefficient (Wildman–Crippen LogP) is 1.32. The number of ether oxygens (including phenoxy) is 3. The van der Waals surface area contributed by atoms with Crippen LogP contribution < -0.4 is 19.5 Å². The first-order chi connectivity index (χ1) is 10.8.